The summed E-state index contributed by atoms with van der Waals surface area (Å²) in [4.78, 5) is 12.7. The molecule has 3 rings (SSSR count). The van der Waals surface area contributed by atoms with E-state index in [1.807, 2.05) is 49.4 Å². The molecule has 162 valence electrons. The molecular formula is C25H20Cl2N2O3. The summed E-state index contributed by atoms with van der Waals surface area (Å²) in [5, 5.41) is 12.9. The van der Waals surface area contributed by atoms with E-state index in [4.69, 9.17) is 32.7 Å². The van der Waals surface area contributed by atoms with E-state index >= 15 is 0 Å². The number of amides is 1. The summed E-state index contributed by atoms with van der Waals surface area (Å²) in [6, 6.07) is 20.1. The van der Waals surface area contributed by atoms with Crippen LogP contribution in [-0.4, -0.2) is 13.0 Å². The minimum Gasteiger partial charge on any atom is -0.493 e. The average molecular weight is 467 g/mol. The van der Waals surface area contributed by atoms with Gasteiger partial charge in [0.15, 0.2) is 11.5 Å². The van der Waals surface area contributed by atoms with Gasteiger partial charge in [0.25, 0.3) is 5.91 Å². The van der Waals surface area contributed by atoms with Crippen LogP contribution in [0.25, 0.3) is 6.08 Å². The number of nitriles is 1. The molecule has 3 aromatic rings. The van der Waals surface area contributed by atoms with Crippen LogP contribution >= 0.6 is 23.2 Å². The maximum atomic E-state index is 12.7. The number of halogens is 2. The minimum atomic E-state index is -0.580. The first kappa shape index (κ1) is 23.2. The number of rotatable bonds is 7. The van der Waals surface area contributed by atoms with Gasteiger partial charge in [0, 0.05) is 0 Å². The normalized spacial score (nSPS) is 10.9. The van der Waals surface area contributed by atoms with Gasteiger partial charge in [-0.05, 0) is 47.9 Å². The molecule has 0 fully saturated rings. The molecule has 0 aliphatic carbocycles. The van der Waals surface area contributed by atoms with Crippen molar-refractivity contribution in [2.24, 2.45) is 0 Å². The van der Waals surface area contributed by atoms with Crippen LogP contribution in [0, 0.1) is 18.3 Å². The molecule has 0 aromatic heterocycles. The third kappa shape index (κ3) is 5.61. The molecule has 0 atom stereocenters. The highest BCUT2D eigenvalue weighted by Crippen LogP contribution is 2.37. The number of ether oxygens (including phenoxy) is 2. The topological polar surface area (TPSA) is 71.3 Å². The Morgan fingerprint density at radius 3 is 2.50 bits per heavy atom. The third-order valence-electron chi connectivity index (χ3n) is 4.61. The standard InChI is InChI=1S/C25H20Cl2N2O3/c1-16-7-6-10-20(26)23(16)29-25(30)19(14-28)11-18-12-21(27)24(22(13-18)31-2)32-15-17-8-4-3-5-9-17/h3-13H,15H2,1-2H3,(H,29,30)/b19-11+. The highest BCUT2D eigenvalue weighted by atomic mass is 35.5. The summed E-state index contributed by atoms with van der Waals surface area (Å²) in [5.41, 5.74) is 2.63. The molecule has 0 saturated heterocycles. The molecule has 7 heteroatoms. The van der Waals surface area contributed by atoms with Crippen LogP contribution in [0.2, 0.25) is 10.0 Å². The van der Waals surface area contributed by atoms with E-state index in [0.717, 1.165) is 11.1 Å². The van der Waals surface area contributed by atoms with Crippen molar-refractivity contribution in [2.45, 2.75) is 13.5 Å². The lowest BCUT2D eigenvalue weighted by Gasteiger charge is -2.14. The van der Waals surface area contributed by atoms with E-state index in [1.165, 1.54) is 13.2 Å². The van der Waals surface area contributed by atoms with Crippen molar-refractivity contribution in [1.82, 2.24) is 0 Å². The van der Waals surface area contributed by atoms with Gasteiger partial charge in [-0.2, -0.15) is 5.26 Å². The van der Waals surface area contributed by atoms with Gasteiger partial charge in [-0.15, -0.1) is 0 Å². The van der Waals surface area contributed by atoms with Crippen LogP contribution in [-0.2, 0) is 11.4 Å². The van der Waals surface area contributed by atoms with Gasteiger partial charge < -0.3 is 14.8 Å². The second-order valence-corrected chi connectivity index (χ2v) is 7.68. The number of methoxy groups -OCH3 is 1. The van der Waals surface area contributed by atoms with E-state index in [-0.39, 0.29) is 5.57 Å². The summed E-state index contributed by atoms with van der Waals surface area (Å²) in [7, 11) is 1.49. The monoisotopic (exact) mass is 466 g/mol. The van der Waals surface area contributed by atoms with E-state index in [2.05, 4.69) is 5.32 Å². The number of benzene rings is 3. The number of carbonyl (C=O) groups excluding carboxylic acids is 1. The van der Waals surface area contributed by atoms with Crippen molar-refractivity contribution in [3.63, 3.8) is 0 Å². The lowest BCUT2D eigenvalue weighted by molar-refractivity contribution is -0.112. The lowest BCUT2D eigenvalue weighted by atomic mass is 10.1. The van der Waals surface area contributed by atoms with Crippen LogP contribution in [0.15, 0.2) is 66.2 Å². The molecule has 5 nitrogen and oxygen atoms in total. The van der Waals surface area contributed by atoms with Crippen LogP contribution in [0.3, 0.4) is 0 Å². The summed E-state index contributed by atoms with van der Waals surface area (Å²) >= 11 is 12.6. The third-order valence-corrected chi connectivity index (χ3v) is 5.21. The Labute approximate surface area is 196 Å². The Hall–Kier alpha value is -3.46. The molecule has 0 aliphatic rings. The highest BCUT2D eigenvalue weighted by Gasteiger charge is 2.16. The minimum absolute atomic E-state index is 0.111. The van der Waals surface area contributed by atoms with Crippen LogP contribution < -0.4 is 14.8 Å². The summed E-state index contributed by atoms with van der Waals surface area (Å²) in [6.45, 7) is 2.13. The number of anilines is 1. The zero-order valence-corrected chi connectivity index (χ0v) is 19.0. The summed E-state index contributed by atoms with van der Waals surface area (Å²) in [5.74, 6) is 0.187. The molecule has 0 spiro atoms. The molecule has 0 saturated carbocycles. The fourth-order valence-corrected chi connectivity index (χ4v) is 3.52. The van der Waals surface area contributed by atoms with Gasteiger partial charge in [0.1, 0.15) is 18.2 Å². The van der Waals surface area contributed by atoms with Crippen molar-refractivity contribution in [3.05, 3.63) is 93.0 Å². The maximum absolute atomic E-state index is 12.7. The first-order valence-electron chi connectivity index (χ1n) is 9.65. The molecule has 0 unspecified atom stereocenters. The van der Waals surface area contributed by atoms with Crippen molar-refractivity contribution in [2.75, 3.05) is 12.4 Å². The van der Waals surface area contributed by atoms with E-state index in [9.17, 15) is 10.1 Å². The van der Waals surface area contributed by atoms with Gasteiger partial charge in [-0.3, -0.25) is 4.79 Å². The number of hydrogen-bond donors (Lipinski definition) is 1. The van der Waals surface area contributed by atoms with E-state index in [1.54, 1.807) is 24.3 Å². The Bertz CT molecular complexity index is 1180. The SMILES string of the molecule is COc1cc(/C=C(\C#N)C(=O)Nc2c(C)cccc2Cl)cc(Cl)c1OCc1ccccc1. The van der Waals surface area contributed by atoms with E-state index in [0.29, 0.717) is 39.4 Å². The Balaban J connectivity index is 1.85. The largest absolute Gasteiger partial charge is 0.493 e. The smallest absolute Gasteiger partial charge is 0.266 e. The summed E-state index contributed by atoms with van der Waals surface area (Å²) < 4.78 is 11.3. The Kier molecular flexibility index (Phi) is 7.77. The van der Waals surface area contributed by atoms with Gasteiger partial charge in [-0.1, -0.05) is 65.7 Å². The van der Waals surface area contributed by atoms with Gasteiger partial charge in [0.05, 0.1) is 22.8 Å². The van der Waals surface area contributed by atoms with E-state index < -0.39 is 5.91 Å². The zero-order chi connectivity index (χ0) is 23.1. The molecule has 32 heavy (non-hydrogen) atoms. The fraction of sp³-hybridized carbons (Fsp3) is 0.120. The van der Waals surface area contributed by atoms with Crippen LogP contribution in [0.5, 0.6) is 11.5 Å². The van der Waals surface area contributed by atoms with Crippen molar-refractivity contribution >= 4 is 40.9 Å². The molecule has 1 amide bonds. The maximum Gasteiger partial charge on any atom is 0.266 e. The highest BCUT2D eigenvalue weighted by molar-refractivity contribution is 6.34. The molecule has 0 aliphatic heterocycles. The second-order valence-electron chi connectivity index (χ2n) is 6.86. The van der Waals surface area contributed by atoms with Crippen molar-refractivity contribution < 1.29 is 14.3 Å². The zero-order valence-electron chi connectivity index (χ0n) is 17.5. The molecular weight excluding hydrogens is 447 g/mol. The van der Waals surface area contributed by atoms with Crippen molar-refractivity contribution in [1.29, 1.82) is 5.26 Å². The molecule has 3 aromatic carbocycles. The molecule has 0 radical (unpaired) electrons. The summed E-state index contributed by atoms with van der Waals surface area (Å²) in [6.07, 6.45) is 1.43. The first-order valence-corrected chi connectivity index (χ1v) is 10.4. The van der Waals surface area contributed by atoms with Gasteiger partial charge in [0.2, 0.25) is 0 Å². The van der Waals surface area contributed by atoms with Gasteiger partial charge in [-0.25, -0.2) is 0 Å². The lowest BCUT2D eigenvalue weighted by Crippen LogP contribution is -2.14. The number of para-hydroxylation sites is 1. The quantitative estimate of drug-likeness (QED) is 0.321. The van der Waals surface area contributed by atoms with Crippen LogP contribution in [0.4, 0.5) is 5.69 Å². The van der Waals surface area contributed by atoms with Crippen molar-refractivity contribution in [3.8, 4) is 17.6 Å². The number of nitrogens with one attached hydrogen (secondary N) is 1. The molecule has 0 bridgehead atoms. The number of nitrogens with zero attached hydrogens (tertiary/aromatic N) is 1. The molecule has 1 N–H and O–H groups in total. The molecule has 0 heterocycles. The predicted molar refractivity (Wildman–Crippen MR) is 127 cm³/mol. The average Bonchev–Trinajstić information content (AvgIpc) is 2.79. The number of aryl methyl sites for hydroxylation is 1. The first-order chi connectivity index (χ1) is 15.4. The second kappa shape index (κ2) is 10.7. The Morgan fingerprint density at radius 1 is 1.09 bits per heavy atom. The number of carbonyl (C=O) groups is 1. The van der Waals surface area contributed by atoms with Gasteiger partial charge >= 0.3 is 0 Å². The Morgan fingerprint density at radius 2 is 1.84 bits per heavy atom. The van der Waals surface area contributed by atoms with Crippen LogP contribution in [0.1, 0.15) is 16.7 Å². The fourth-order valence-electron chi connectivity index (χ4n) is 2.98. The number of hydrogen-bond acceptors (Lipinski definition) is 4. The predicted octanol–water partition coefficient (Wildman–Crippen LogP) is 6.44.